The molecule has 0 aliphatic carbocycles. The Hall–Kier alpha value is -1.88. The van der Waals surface area contributed by atoms with Crippen molar-refractivity contribution in [2.45, 2.75) is 31.0 Å². The number of ether oxygens (including phenoxy) is 1. The van der Waals surface area contributed by atoms with Crippen molar-refractivity contribution in [2.24, 2.45) is 0 Å². The van der Waals surface area contributed by atoms with Crippen molar-refractivity contribution in [3.63, 3.8) is 0 Å². The van der Waals surface area contributed by atoms with E-state index < -0.39 is 30.6 Å². The Morgan fingerprint density at radius 3 is 2.86 bits per heavy atom. The zero-order valence-corrected chi connectivity index (χ0v) is 10.8. The van der Waals surface area contributed by atoms with Crippen LogP contribution in [0.2, 0.25) is 0 Å². The molecule has 1 aliphatic heterocycles. The molecular weight excluding hydrogens is 285 g/mol. The molecule has 3 rings (SSSR count). The Morgan fingerprint density at radius 2 is 2.10 bits per heavy atom. The molecule has 21 heavy (non-hydrogen) atoms. The Labute approximate surface area is 117 Å². The van der Waals surface area contributed by atoms with Gasteiger partial charge in [0.05, 0.1) is 25.1 Å². The lowest BCUT2D eigenvalue weighted by Crippen LogP contribution is -2.35. The van der Waals surface area contributed by atoms with E-state index >= 15 is 0 Å². The molecule has 1 aliphatic rings. The Kier molecular flexibility index (Phi) is 3.45. The van der Waals surface area contributed by atoms with Gasteiger partial charge in [-0.3, -0.25) is 4.57 Å². The highest BCUT2D eigenvalue weighted by molar-refractivity contribution is 5.81. The molecule has 1 saturated heterocycles. The van der Waals surface area contributed by atoms with Gasteiger partial charge in [0.25, 0.3) is 0 Å². The molecule has 0 bridgehead atoms. The maximum absolute atomic E-state index is 13.3. The molecule has 2 aromatic heterocycles. The van der Waals surface area contributed by atoms with E-state index in [1.54, 1.807) is 0 Å². The van der Waals surface area contributed by atoms with E-state index in [0.29, 0.717) is 0 Å². The third kappa shape index (κ3) is 2.42. The summed E-state index contributed by atoms with van der Waals surface area (Å²) in [5.41, 5.74) is 5.75. The zero-order chi connectivity index (χ0) is 15.1. The first-order valence-corrected chi connectivity index (χ1v) is 6.28. The third-order valence-corrected chi connectivity index (χ3v) is 3.35. The van der Waals surface area contributed by atoms with Gasteiger partial charge in [0.1, 0.15) is 6.10 Å². The van der Waals surface area contributed by atoms with Gasteiger partial charge in [-0.15, -0.1) is 0 Å². The van der Waals surface area contributed by atoms with E-state index in [9.17, 15) is 19.7 Å². The summed E-state index contributed by atoms with van der Waals surface area (Å²) in [6.45, 7) is -0.0957. The normalized spacial score (nSPS) is 30.5. The predicted molar refractivity (Wildman–Crippen MR) is 67.3 cm³/mol. The summed E-state index contributed by atoms with van der Waals surface area (Å²) in [5.74, 6) is -0.139. The Morgan fingerprint density at radius 1 is 1.33 bits per heavy atom. The standard InChI is InChI=1S/C11H14FN5O4/c12-11-15-8(13)6-9(16-11)17(3-14-6)10-7(20)5(19)1-4(18)2-21-10/h3-5,7,10,18-20H,1-2H2,(H2,13,15,16)/t4?,5?,7?,10-/m1/s1. The smallest absolute Gasteiger partial charge is 0.312 e. The highest BCUT2D eigenvalue weighted by Gasteiger charge is 2.35. The van der Waals surface area contributed by atoms with Crippen molar-refractivity contribution in [3.8, 4) is 0 Å². The van der Waals surface area contributed by atoms with Crippen molar-refractivity contribution in [1.82, 2.24) is 19.5 Å². The van der Waals surface area contributed by atoms with Gasteiger partial charge in [0.2, 0.25) is 0 Å². The summed E-state index contributed by atoms with van der Waals surface area (Å²) < 4.78 is 19.9. The number of rotatable bonds is 1. The average Bonchev–Trinajstić information content (AvgIpc) is 2.77. The lowest BCUT2D eigenvalue weighted by Gasteiger charge is -2.24. The maximum Gasteiger partial charge on any atom is 0.312 e. The van der Waals surface area contributed by atoms with Gasteiger partial charge >= 0.3 is 6.08 Å². The number of halogens is 1. The summed E-state index contributed by atoms with van der Waals surface area (Å²) in [6.07, 6.45) is -4.33. The molecule has 9 nitrogen and oxygen atoms in total. The molecule has 0 radical (unpaired) electrons. The first kappa shape index (κ1) is 14.1. The largest absolute Gasteiger partial charge is 0.391 e. The number of hydrogen-bond donors (Lipinski definition) is 4. The summed E-state index contributed by atoms with van der Waals surface area (Å²) in [7, 11) is 0. The van der Waals surface area contributed by atoms with Gasteiger partial charge in [-0.05, 0) is 0 Å². The van der Waals surface area contributed by atoms with Crippen molar-refractivity contribution in [2.75, 3.05) is 12.3 Å². The molecule has 0 amide bonds. The van der Waals surface area contributed by atoms with E-state index in [1.165, 1.54) is 10.9 Å². The molecule has 1 fully saturated rings. The first-order chi connectivity index (χ1) is 9.97. The van der Waals surface area contributed by atoms with Gasteiger partial charge in [0, 0.05) is 6.42 Å². The predicted octanol–water partition coefficient (Wildman–Crippen LogP) is -1.45. The number of aromatic nitrogens is 4. The maximum atomic E-state index is 13.3. The second-order valence-corrected chi connectivity index (χ2v) is 4.87. The van der Waals surface area contributed by atoms with E-state index in [-0.39, 0.29) is 30.0 Å². The Balaban J connectivity index is 2.06. The van der Waals surface area contributed by atoms with Crippen LogP contribution in [0.1, 0.15) is 12.6 Å². The fourth-order valence-corrected chi connectivity index (χ4v) is 2.33. The zero-order valence-electron chi connectivity index (χ0n) is 10.8. The summed E-state index contributed by atoms with van der Waals surface area (Å²) >= 11 is 0. The molecule has 3 unspecified atom stereocenters. The van der Waals surface area contributed by atoms with Gasteiger partial charge < -0.3 is 25.8 Å². The van der Waals surface area contributed by atoms with Crippen LogP contribution in [0.15, 0.2) is 6.33 Å². The minimum Gasteiger partial charge on any atom is -0.391 e. The number of fused-ring (bicyclic) bond motifs is 1. The van der Waals surface area contributed by atoms with Crippen molar-refractivity contribution >= 4 is 17.0 Å². The molecule has 0 spiro atoms. The van der Waals surface area contributed by atoms with E-state index in [2.05, 4.69) is 15.0 Å². The number of nitrogens with zero attached hydrogens (tertiary/aromatic N) is 4. The molecule has 10 heteroatoms. The molecule has 4 atom stereocenters. The highest BCUT2D eigenvalue weighted by atomic mass is 19.1. The number of aliphatic hydroxyl groups excluding tert-OH is 3. The van der Waals surface area contributed by atoms with Gasteiger partial charge in [-0.2, -0.15) is 14.4 Å². The molecule has 114 valence electrons. The van der Waals surface area contributed by atoms with Crippen molar-refractivity contribution < 1.29 is 24.4 Å². The second-order valence-electron chi connectivity index (χ2n) is 4.87. The number of imidazole rings is 1. The summed E-state index contributed by atoms with van der Waals surface area (Å²) in [6, 6.07) is 0. The molecule has 0 aromatic carbocycles. The van der Waals surface area contributed by atoms with Crippen LogP contribution in [0.4, 0.5) is 10.2 Å². The average molecular weight is 299 g/mol. The van der Waals surface area contributed by atoms with Crippen LogP contribution in [0.5, 0.6) is 0 Å². The topological polar surface area (TPSA) is 140 Å². The van der Waals surface area contributed by atoms with Crippen LogP contribution in [0.25, 0.3) is 11.2 Å². The van der Waals surface area contributed by atoms with Crippen LogP contribution in [0, 0.1) is 6.08 Å². The van der Waals surface area contributed by atoms with Crippen LogP contribution >= 0.6 is 0 Å². The number of nitrogens with two attached hydrogens (primary N) is 1. The van der Waals surface area contributed by atoms with Crippen LogP contribution in [-0.4, -0.2) is 59.8 Å². The molecular formula is C11H14FN5O4. The molecule has 0 saturated carbocycles. The monoisotopic (exact) mass is 299 g/mol. The van der Waals surface area contributed by atoms with Crippen molar-refractivity contribution in [1.29, 1.82) is 0 Å². The number of hydrogen-bond acceptors (Lipinski definition) is 8. The molecule has 5 N–H and O–H groups in total. The molecule has 2 aromatic rings. The SMILES string of the molecule is Nc1nc(F)nc2c1ncn2[C@@H]1OCC(O)CC(O)C1O. The fraction of sp³-hybridized carbons (Fsp3) is 0.545. The number of nitrogen functional groups attached to an aromatic ring is 1. The second kappa shape index (κ2) is 5.15. The van der Waals surface area contributed by atoms with Gasteiger partial charge in [-0.1, -0.05) is 0 Å². The van der Waals surface area contributed by atoms with Gasteiger partial charge in [-0.25, -0.2) is 4.98 Å². The summed E-state index contributed by atoms with van der Waals surface area (Å²) in [5, 5.41) is 29.5. The lowest BCUT2D eigenvalue weighted by molar-refractivity contribution is -0.108. The minimum atomic E-state index is -1.33. The van der Waals surface area contributed by atoms with Crippen LogP contribution in [-0.2, 0) is 4.74 Å². The fourth-order valence-electron chi connectivity index (χ4n) is 2.33. The van der Waals surface area contributed by atoms with E-state index in [0.717, 1.165) is 0 Å². The van der Waals surface area contributed by atoms with E-state index in [1.807, 2.05) is 0 Å². The highest BCUT2D eigenvalue weighted by Crippen LogP contribution is 2.27. The third-order valence-electron chi connectivity index (χ3n) is 3.35. The van der Waals surface area contributed by atoms with Crippen LogP contribution in [0.3, 0.4) is 0 Å². The first-order valence-electron chi connectivity index (χ1n) is 6.28. The quantitative estimate of drug-likeness (QED) is 0.469. The minimum absolute atomic E-state index is 0.0320. The van der Waals surface area contributed by atoms with Gasteiger partial charge in [0.15, 0.2) is 23.2 Å². The molecule has 3 heterocycles. The van der Waals surface area contributed by atoms with Crippen molar-refractivity contribution in [3.05, 3.63) is 12.4 Å². The number of anilines is 1. The van der Waals surface area contributed by atoms with Crippen LogP contribution < -0.4 is 5.73 Å². The van der Waals surface area contributed by atoms with E-state index in [4.69, 9.17) is 10.5 Å². The Bertz CT molecular complexity index is 665. The number of aliphatic hydroxyl groups is 3. The summed E-state index contributed by atoms with van der Waals surface area (Å²) in [4.78, 5) is 10.9. The lowest BCUT2D eigenvalue weighted by atomic mass is 10.1.